The summed E-state index contributed by atoms with van der Waals surface area (Å²) in [5.74, 6) is -2.76. The Bertz CT molecular complexity index is 1480. The Morgan fingerprint density at radius 2 is 1.51 bits per heavy atom. The number of aliphatic hydroxyl groups is 1. The molecule has 0 spiro atoms. The summed E-state index contributed by atoms with van der Waals surface area (Å²) in [6.45, 7) is 0. The molecule has 1 aliphatic heterocycles. The van der Waals surface area contributed by atoms with Crippen LogP contribution in [0.5, 0.6) is 17.2 Å². The summed E-state index contributed by atoms with van der Waals surface area (Å²) in [4.78, 5) is 39.2. The third-order valence-corrected chi connectivity index (χ3v) is 6.86. The van der Waals surface area contributed by atoms with E-state index in [4.69, 9.17) is 42.5 Å². The minimum atomic E-state index is -1.06. The van der Waals surface area contributed by atoms with E-state index in [1.54, 1.807) is 48.5 Å². The SMILES string of the molecule is COc1ccc(C2/C(=C(\O)c3cc(Cl)c(OC)c(Cl)c3OC)C(=O)C(=O)N2c2ccc(CC(=O)O)cc2)cc1. The summed E-state index contributed by atoms with van der Waals surface area (Å²) >= 11 is 12.7. The van der Waals surface area contributed by atoms with Crippen LogP contribution in [0.4, 0.5) is 5.69 Å². The van der Waals surface area contributed by atoms with Crippen LogP contribution in [0.3, 0.4) is 0 Å². The van der Waals surface area contributed by atoms with E-state index in [9.17, 15) is 19.5 Å². The second-order valence-electron chi connectivity index (χ2n) is 8.47. The minimum Gasteiger partial charge on any atom is -0.507 e. The Labute approximate surface area is 233 Å². The molecule has 39 heavy (non-hydrogen) atoms. The number of nitrogens with zero attached hydrogens (tertiary/aromatic N) is 1. The van der Waals surface area contributed by atoms with Gasteiger partial charge in [-0.3, -0.25) is 19.3 Å². The average Bonchev–Trinajstić information content (AvgIpc) is 3.18. The average molecular weight is 572 g/mol. The number of Topliss-reactive ketones (excluding diaryl/α,β-unsaturated/α-hetero) is 1. The number of ketones is 1. The molecule has 0 aromatic heterocycles. The Morgan fingerprint density at radius 3 is 2.05 bits per heavy atom. The lowest BCUT2D eigenvalue weighted by Gasteiger charge is -2.26. The standard InChI is InChI=1S/C28H23Cl2NO8/c1-37-17-10-6-15(7-11-17)23-21(24(34)18-13-19(29)27(39-3)22(30)26(18)38-2)25(35)28(36)31(23)16-8-4-14(5-9-16)12-20(32)33/h4-11,13,23,34H,12H2,1-3H3,(H,32,33)/b24-21+. The van der Waals surface area contributed by atoms with Crippen LogP contribution in [0.1, 0.15) is 22.7 Å². The number of carboxylic acids is 1. The highest BCUT2D eigenvalue weighted by atomic mass is 35.5. The topological polar surface area (TPSA) is 123 Å². The van der Waals surface area contributed by atoms with Crippen molar-refractivity contribution in [2.24, 2.45) is 0 Å². The second kappa shape index (κ2) is 11.3. The zero-order chi connectivity index (χ0) is 28.4. The number of rotatable bonds is 8. The van der Waals surface area contributed by atoms with Crippen molar-refractivity contribution in [3.63, 3.8) is 0 Å². The summed E-state index contributed by atoms with van der Waals surface area (Å²) in [5.41, 5.74) is 1.09. The largest absolute Gasteiger partial charge is 0.507 e. The van der Waals surface area contributed by atoms with Crippen molar-refractivity contribution in [3.05, 3.63) is 86.9 Å². The van der Waals surface area contributed by atoms with Gasteiger partial charge in [-0.1, -0.05) is 47.5 Å². The molecule has 0 saturated carbocycles. The van der Waals surface area contributed by atoms with Gasteiger partial charge in [-0.15, -0.1) is 0 Å². The van der Waals surface area contributed by atoms with Crippen molar-refractivity contribution in [1.82, 2.24) is 0 Å². The molecular formula is C28H23Cl2NO8. The lowest BCUT2D eigenvalue weighted by molar-refractivity contribution is -0.136. The fraction of sp³-hybridized carbons (Fsp3) is 0.179. The highest BCUT2D eigenvalue weighted by Crippen LogP contribution is 2.48. The summed E-state index contributed by atoms with van der Waals surface area (Å²) in [5, 5.41) is 20.6. The number of methoxy groups -OCH3 is 3. The van der Waals surface area contributed by atoms with Gasteiger partial charge in [-0.2, -0.15) is 0 Å². The number of amides is 1. The second-order valence-corrected chi connectivity index (χ2v) is 9.25. The molecule has 3 aromatic rings. The van der Waals surface area contributed by atoms with E-state index in [2.05, 4.69) is 0 Å². The maximum absolute atomic E-state index is 13.5. The first-order valence-electron chi connectivity index (χ1n) is 11.5. The van der Waals surface area contributed by atoms with Crippen LogP contribution in [0, 0.1) is 0 Å². The van der Waals surface area contributed by atoms with Crippen LogP contribution in [-0.2, 0) is 20.8 Å². The number of aliphatic carboxylic acids is 1. The number of hydrogen-bond acceptors (Lipinski definition) is 7. The van der Waals surface area contributed by atoms with E-state index >= 15 is 0 Å². The number of aliphatic hydroxyl groups excluding tert-OH is 1. The van der Waals surface area contributed by atoms with E-state index in [0.29, 0.717) is 22.6 Å². The lowest BCUT2D eigenvalue weighted by atomic mass is 9.94. The Hall–Kier alpha value is -4.21. The van der Waals surface area contributed by atoms with Crippen molar-refractivity contribution < 1.29 is 38.8 Å². The van der Waals surface area contributed by atoms with Crippen LogP contribution in [0.15, 0.2) is 60.2 Å². The first-order valence-corrected chi connectivity index (χ1v) is 12.2. The highest BCUT2D eigenvalue weighted by molar-refractivity contribution is 6.52. The van der Waals surface area contributed by atoms with E-state index in [-0.39, 0.29) is 39.1 Å². The van der Waals surface area contributed by atoms with Crippen LogP contribution in [0.2, 0.25) is 10.0 Å². The molecule has 11 heteroatoms. The fourth-order valence-electron chi connectivity index (χ4n) is 4.44. The van der Waals surface area contributed by atoms with E-state index in [0.717, 1.165) is 0 Å². The van der Waals surface area contributed by atoms with Crippen LogP contribution in [-0.4, -0.2) is 49.2 Å². The fourth-order valence-corrected chi connectivity index (χ4v) is 5.13. The number of carbonyl (C=O) groups excluding carboxylic acids is 2. The summed E-state index contributed by atoms with van der Waals surface area (Å²) in [6.07, 6.45) is -0.209. The van der Waals surface area contributed by atoms with Gasteiger partial charge >= 0.3 is 5.97 Å². The molecule has 1 unspecified atom stereocenters. The Kier molecular flexibility index (Phi) is 8.03. The van der Waals surface area contributed by atoms with E-state index in [1.807, 2.05) is 0 Å². The van der Waals surface area contributed by atoms with Crippen molar-refractivity contribution in [1.29, 1.82) is 0 Å². The number of halogens is 2. The van der Waals surface area contributed by atoms with Crippen LogP contribution < -0.4 is 19.1 Å². The van der Waals surface area contributed by atoms with Crippen molar-refractivity contribution in [2.45, 2.75) is 12.5 Å². The summed E-state index contributed by atoms with van der Waals surface area (Å²) in [6, 6.07) is 13.1. The van der Waals surface area contributed by atoms with Crippen molar-refractivity contribution in [2.75, 3.05) is 26.2 Å². The predicted octanol–water partition coefficient (Wildman–Crippen LogP) is 5.27. The van der Waals surface area contributed by atoms with Gasteiger partial charge in [-0.05, 0) is 41.5 Å². The first kappa shape index (κ1) is 27.8. The molecule has 9 nitrogen and oxygen atoms in total. The Balaban J connectivity index is 1.95. The molecule has 0 radical (unpaired) electrons. The number of anilines is 1. The number of benzene rings is 3. The maximum atomic E-state index is 13.5. The predicted molar refractivity (Wildman–Crippen MR) is 145 cm³/mol. The van der Waals surface area contributed by atoms with E-state index in [1.165, 1.54) is 32.3 Å². The van der Waals surface area contributed by atoms with Crippen molar-refractivity contribution in [3.8, 4) is 17.2 Å². The lowest BCUT2D eigenvalue weighted by Crippen LogP contribution is -2.29. The first-order chi connectivity index (χ1) is 18.6. The zero-order valence-corrected chi connectivity index (χ0v) is 22.5. The zero-order valence-electron chi connectivity index (χ0n) is 21.0. The van der Waals surface area contributed by atoms with Crippen LogP contribution in [0.25, 0.3) is 5.76 Å². The Morgan fingerprint density at radius 1 is 0.897 bits per heavy atom. The number of carboxylic acid groups (broad SMARTS) is 1. The van der Waals surface area contributed by atoms with Gasteiger partial charge in [0.05, 0.1) is 50.0 Å². The van der Waals surface area contributed by atoms with Gasteiger partial charge in [0.2, 0.25) is 0 Å². The normalized spacial score (nSPS) is 16.3. The monoisotopic (exact) mass is 571 g/mol. The smallest absolute Gasteiger partial charge is 0.307 e. The quantitative estimate of drug-likeness (QED) is 0.213. The minimum absolute atomic E-state index is 0.00637. The molecule has 0 bridgehead atoms. The molecule has 1 aliphatic rings. The third-order valence-electron chi connectivity index (χ3n) is 6.24. The van der Waals surface area contributed by atoms with Crippen LogP contribution >= 0.6 is 23.2 Å². The van der Waals surface area contributed by atoms with Gasteiger partial charge < -0.3 is 24.4 Å². The summed E-state index contributed by atoms with van der Waals surface area (Å²) < 4.78 is 15.9. The molecule has 3 aromatic carbocycles. The molecule has 1 amide bonds. The molecular weight excluding hydrogens is 549 g/mol. The van der Waals surface area contributed by atoms with Gasteiger partial charge in [0.15, 0.2) is 11.5 Å². The van der Waals surface area contributed by atoms with Gasteiger partial charge in [-0.25, -0.2) is 0 Å². The van der Waals surface area contributed by atoms with Gasteiger partial charge in [0, 0.05) is 5.69 Å². The molecule has 0 aliphatic carbocycles. The maximum Gasteiger partial charge on any atom is 0.307 e. The number of hydrogen-bond donors (Lipinski definition) is 2. The van der Waals surface area contributed by atoms with E-state index < -0.39 is 29.5 Å². The molecule has 4 rings (SSSR count). The number of ether oxygens (including phenoxy) is 3. The van der Waals surface area contributed by atoms with Gasteiger partial charge in [0.1, 0.15) is 16.5 Å². The summed E-state index contributed by atoms with van der Waals surface area (Å²) in [7, 11) is 4.19. The molecule has 1 atom stereocenters. The number of carbonyl (C=O) groups is 3. The van der Waals surface area contributed by atoms with Crippen molar-refractivity contribution >= 4 is 52.3 Å². The molecule has 1 saturated heterocycles. The molecule has 1 heterocycles. The highest BCUT2D eigenvalue weighted by Gasteiger charge is 2.47. The third kappa shape index (κ3) is 5.10. The molecule has 202 valence electrons. The molecule has 1 fully saturated rings. The molecule has 2 N–H and O–H groups in total. The van der Waals surface area contributed by atoms with Gasteiger partial charge in [0.25, 0.3) is 11.7 Å².